The molecule has 0 radical (unpaired) electrons. The maximum atomic E-state index is 13.8. The number of carbonyl (C=O) groups excluding carboxylic acids is 1. The second kappa shape index (κ2) is 8.87. The van der Waals surface area contributed by atoms with Crippen molar-refractivity contribution in [3.05, 3.63) is 35.6 Å². The molecule has 2 rings (SSSR count). The van der Waals surface area contributed by atoms with Gasteiger partial charge in [-0.15, -0.1) is 0 Å². The van der Waals surface area contributed by atoms with E-state index in [9.17, 15) is 9.18 Å². The van der Waals surface area contributed by atoms with Gasteiger partial charge < -0.3 is 9.16 Å². The van der Waals surface area contributed by atoms with Crippen LogP contribution in [0.2, 0.25) is 18.1 Å². The summed E-state index contributed by atoms with van der Waals surface area (Å²) in [5, 5.41) is 0.146. The first-order valence-electron chi connectivity index (χ1n) is 10.1. The van der Waals surface area contributed by atoms with E-state index in [2.05, 4.69) is 33.9 Å². The summed E-state index contributed by atoms with van der Waals surface area (Å²) in [5.41, 5.74) is 0.980. The molecule has 0 aromatic heterocycles. The molecule has 1 saturated carbocycles. The molecule has 27 heavy (non-hydrogen) atoms. The molecule has 0 aliphatic heterocycles. The predicted molar refractivity (Wildman–Crippen MR) is 110 cm³/mol. The van der Waals surface area contributed by atoms with Gasteiger partial charge in [0.1, 0.15) is 11.9 Å². The summed E-state index contributed by atoms with van der Waals surface area (Å²) in [5.74, 6) is 0.0414. The first-order valence-corrected chi connectivity index (χ1v) is 13.0. The molecule has 0 amide bonds. The molecule has 0 saturated heterocycles. The maximum Gasteiger partial charge on any atom is 0.306 e. The molecular weight excluding hydrogens is 359 g/mol. The quantitative estimate of drug-likeness (QED) is 0.417. The van der Waals surface area contributed by atoms with Gasteiger partial charge >= 0.3 is 5.97 Å². The summed E-state index contributed by atoms with van der Waals surface area (Å²) in [6, 6.07) is 6.81. The van der Waals surface area contributed by atoms with Crippen LogP contribution in [0.3, 0.4) is 0 Å². The molecule has 1 fully saturated rings. The first-order chi connectivity index (χ1) is 12.5. The molecule has 3 atom stereocenters. The van der Waals surface area contributed by atoms with Crippen LogP contribution >= 0.6 is 0 Å². The highest BCUT2D eigenvalue weighted by Crippen LogP contribution is 2.43. The fourth-order valence-electron chi connectivity index (χ4n) is 3.48. The summed E-state index contributed by atoms with van der Waals surface area (Å²) < 4.78 is 25.9. The van der Waals surface area contributed by atoms with E-state index < -0.39 is 8.32 Å². The number of ether oxygens (including phenoxy) is 1. The lowest BCUT2D eigenvalue weighted by Gasteiger charge is -2.37. The van der Waals surface area contributed by atoms with Crippen LogP contribution in [0.4, 0.5) is 4.39 Å². The zero-order valence-electron chi connectivity index (χ0n) is 17.7. The SMILES string of the molecule is CCCC(=O)O[C@H]1C[C@H](CO[Si](C)(C)C(C)(C)C)[C@@H](c2cccc(F)c2)C1. The highest BCUT2D eigenvalue weighted by atomic mass is 28.4. The third-order valence-corrected chi connectivity index (χ3v) is 10.6. The lowest BCUT2D eigenvalue weighted by molar-refractivity contribution is -0.148. The second-order valence-electron chi connectivity index (χ2n) is 9.33. The maximum absolute atomic E-state index is 13.8. The van der Waals surface area contributed by atoms with E-state index in [-0.39, 0.29) is 34.8 Å². The van der Waals surface area contributed by atoms with Gasteiger partial charge in [0.05, 0.1) is 0 Å². The minimum Gasteiger partial charge on any atom is -0.462 e. The Balaban J connectivity index is 2.13. The zero-order chi connectivity index (χ0) is 20.2. The molecular formula is C22H35FO3Si. The summed E-state index contributed by atoms with van der Waals surface area (Å²) >= 11 is 0. The lowest BCUT2D eigenvalue weighted by Crippen LogP contribution is -2.42. The number of rotatable bonds is 7. The Labute approximate surface area is 164 Å². The zero-order valence-corrected chi connectivity index (χ0v) is 18.7. The number of carbonyl (C=O) groups is 1. The van der Waals surface area contributed by atoms with Crippen LogP contribution in [-0.2, 0) is 14.0 Å². The van der Waals surface area contributed by atoms with Crippen LogP contribution in [0.25, 0.3) is 0 Å². The standard InChI is InChI=1S/C22H35FO3Si/c1-7-9-21(24)26-19-13-17(15-25-27(5,6)22(2,3)4)20(14-19)16-10-8-11-18(23)12-16/h8,10-12,17,19-20H,7,9,13-15H2,1-6H3/t17-,19+,20-/m1/s1. The van der Waals surface area contributed by atoms with E-state index in [1.165, 1.54) is 6.07 Å². The average Bonchev–Trinajstić information content (AvgIpc) is 2.95. The topological polar surface area (TPSA) is 35.5 Å². The second-order valence-corrected chi connectivity index (χ2v) is 14.1. The van der Waals surface area contributed by atoms with Crippen molar-refractivity contribution in [3.8, 4) is 0 Å². The van der Waals surface area contributed by atoms with E-state index in [1.54, 1.807) is 12.1 Å². The van der Waals surface area contributed by atoms with Gasteiger partial charge in [-0.05, 0) is 66.9 Å². The molecule has 5 heteroatoms. The molecule has 1 aromatic carbocycles. The third-order valence-electron chi connectivity index (χ3n) is 6.15. The number of hydrogen-bond acceptors (Lipinski definition) is 3. The Kier molecular flexibility index (Phi) is 7.25. The highest BCUT2D eigenvalue weighted by Gasteiger charge is 2.41. The van der Waals surface area contributed by atoms with E-state index in [0.29, 0.717) is 13.0 Å². The third kappa shape index (κ3) is 5.88. The van der Waals surface area contributed by atoms with Gasteiger partial charge in [-0.1, -0.05) is 39.8 Å². The molecule has 0 heterocycles. The Hall–Kier alpha value is -1.20. The summed E-state index contributed by atoms with van der Waals surface area (Å²) in [4.78, 5) is 11.9. The van der Waals surface area contributed by atoms with Crippen LogP contribution in [0.5, 0.6) is 0 Å². The van der Waals surface area contributed by atoms with Crippen molar-refractivity contribution in [1.29, 1.82) is 0 Å². The molecule has 0 unspecified atom stereocenters. The van der Waals surface area contributed by atoms with Crippen molar-refractivity contribution < 1.29 is 18.3 Å². The number of esters is 1. The van der Waals surface area contributed by atoms with Gasteiger partial charge in [-0.25, -0.2) is 4.39 Å². The van der Waals surface area contributed by atoms with Crippen LogP contribution in [0, 0.1) is 11.7 Å². The van der Waals surface area contributed by atoms with Crippen LogP contribution < -0.4 is 0 Å². The van der Waals surface area contributed by atoms with Crippen molar-refractivity contribution in [3.63, 3.8) is 0 Å². The molecule has 0 spiro atoms. The summed E-state index contributed by atoms with van der Waals surface area (Å²) in [6.45, 7) is 13.8. The lowest BCUT2D eigenvalue weighted by atomic mass is 9.89. The Morgan fingerprint density at radius 3 is 2.56 bits per heavy atom. The van der Waals surface area contributed by atoms with Gasteiger partial charge in [-0.2, -0.15) is 0 Å². The Bertz CT molecular complexity index is 639. The van der Waals surface area contributed by atoms with Gasteiger partial charge in [0.2, 0.25) is 0 Å². The van der Waals surface area contributed by atoms with Crippen LogP contribution in [-0.4, -0.2) is 27.0 Å². The molecule has 152 valence electrons. The van der Waals surface area contributed by atoms with Crippen LogP contribution in [0.1, 0.15) is 64.9 Å². The minimum atomic E-state index is -1.86. The van der Waals surface area contributed by atoms with E-state index in [1.807, 2.05) is 13.0 Å². The Morgan fingerprint density at radius 2 is 1.96 bits per heavy atom. The molecule has 1 aliphatic rings. The largest absolute Gasteiger partial charge is 0.462 e. The predicted octanol–water partition coefficient (Wildman–Crippen LogP) is 6.05. The van der Waals surface area contributed by atoms with E-state index >= 15 is 0 Å². The number of halogens is 1. The molecule has 0 bridgehead atoms. The normalized spacial score (nSPS) is 23.4. The summed E-state index contributed by atoms with van der Waals surface area (Å²) in [7, 11) is -1.86. The molecule has 1 aromatic rings. The summed E-state index contributed by atoms with van der Waals surface area (Å²) in [6.07, 6.45) is 2.66. The van der Waals surface area contributed by atoms with Gasteiger partial charge in [-0.3, -0.25) is 4.79 Å². The fourth-order valence-corrected chi connectivity index (χ4v) is 4.54. The minimum absolute atomic E-state index is 0.106. The first kappa shape index (κ1) is 22.1. The van der Waals surface area contributed by atoms with Crippen molar-refractivity contribution >= 4 is 14.3 Å². The van der Waals surface area contributed by atoms with Crippen LogP contribution in [0.15, 0.2) is 24.3 Å². The highest BCUT2D eigenvalue weighted by molar-refractivity contribution is 6.74. The molecule has 0 N–H and O–H groups in total. The molecule has 3 nitrogen and oxygen atoms in total. The average molecular weight is 395 g/mol. The van der Waals surface area contributed by atoms with E-state index in [0.717, 1.165) is 24.8 Å². The van der Waals surface area contributed by atoms with Crippen molar-refractivity contribution in [2.45, 2.75) is 83.5 Å². The number of benzene rings is 1. The number of hydrogen-bond donors (Lipinski definition) is 0. The van der Waals surface area contributed by atoms with Crippen molar-refractivity contribution in [2.24, 2.45) is 5.92 Å². The Morgan fingerprint density at radius 1 is 1.26 bits per heavy atom. The van der Waals surface area contributed by atoms with Gasteiger partial charge in [0, 0.05) is 13.0 Å². The van der Waals surface area contributed by atoms with Gasteiger partial charge in [0.15, 0.2) is 8.32 Å². The molecule has 1 aliphatic carbocycles. The van der Waals surface area contributed by atoms with Gasteiger partial charge in [0.25, 0.3) is 0 Å². The van der Waals surface area contributed by atoms with Crippen molar-refractivity contribution in [2.75, 3.05) is 6.61 Å². The van der Waals surface area contributed by atoms with E-state index in [4.69, 9.17) is 9.16 Å². The fraction of sp³-hybridized carbons (Fsp3) is 0.682. The smallest absolute Gasteiger partial charge is 0.306 e. The van der Waals surface area contributed by atoms with Crippen molar-refractivity contribution in [1.82, 2.24) is 0 Å². The monoisotopic (exact) mass is 394 g/mol.